The highest BCUT2D eigenvalue weighted by Crippen LogP contribution is 2.57. The molecule has 3 aliphatic rings. The molecule has 248 valence electrons. The zero-order valence-electron chi connectivity index (χ0n) is 23.9. The summed E-state index contributed by atoms with van der Waals surface area (Å²) in [7, 11) is -8.12. The molecule has 2 aliphatic heterocycles. The zero-order valence-corrected chi connectivity index (χ0v) is 25.6. The molecule has 0 radical (unpaired) electrons. The predicted molar refractivity (Wildman–Crippen MR) is 146 cm³/mol. The van der Waals surface area contributed by atoms with Gasteiger partial charge in [0.25, 0.3) is 0 Å². The number of halogens is 8. The summed E-state index contributed by atoms with van der Waals surface area (Å²) in [4.78, 5) is 14.8. The van der Waals surface area contributed by atoms with E-state index in [1.54, 1.807) is 0 Å². The molecule has 0 saturated carbocycles. The van der Waals surface area contributed by atoms with Gasteiger partial charge in [-0.05, 0) is 81.3 Å². The van der Waals surface area contributed by atoms with Crippen molar-refractivity contribution in [3.63, 3.8) is 0 Å². The Bertz CT molecular complexity index is 1690. The van der Waals surface area contributed by atoms with E-state index in [0.29, 0.717) is 6.07 Å². The Labute approximate surface area is 254 Å². The lowest BCUT2D eigenvalue weighted by Gasteiger charge is -2.44. The van der Waals surface area contributed by atoms with Gasteiger partial charge in [0, 0.05) is 18.0 Å². The lowest BCUT2D eigenvalue weighted by atomic mass is 9.76. The second-order valence-corrected chi connectivity index (χ2v) is 17.1. The molecule has 1 amide bonds. The van der Waals surface area contributed by atoms with Crippen LogP contribution < -0.4 is 0 Å². The minimum atomic E-state index is -6.38. The van der Waals surface area contributed by atoms with E-state index in [-0.39, 0.29) is 55.8 Å². The van der Waals surface area contributed by atoms with E-state index in [2.05, 4.69) is 0 Å². The maximum atomic E-state index is 15.0. The Balaban J connectivity index is 1.65. The Morgan fingerprint density at radius 3 is 2.00 bits per heavy atom. The Morgan fingerprint density at radius 1 is 0.911 bits per heavy atom. The summed E-state index contributed by atoms with van der Waals surface area (Å²) in [6.45, 7) is 2.77. The zero-order chi connectivity index (χ0) is 33.5. The van der Waals surface area contributed by atoms with Crippen LogP contribution in [0.15, 0.2) is 47.4 Å². The van der Waals surface area contributed by atoms with Crippen molar-refractivity contribution in [1.82, 2.24) is 4.90 Å². The molecule has 5 atom stereocenters. The number of hydrogen-bond acceptors (Lipinski definition) is 5. The average molecular weight is 688 g/mol. The van der Waals surface area contributed by atoms with Crippen molar-refractivity contribution in [3.8, 4) is 0 Å². The molecule has 0 spiro atoms. The maximum absolute atomic E-state index is 15.0. The molecule has 2 fully saturated rings. The predicted octanol–water partition coefficient (Wildman–Crippen LogP) is 5.93. The summed E-state index contributed by atoms with van der Waals surface area (Å²) in [6.07, 6.45) is -13.6. The molecule has 16 heteroatoms. The second-order valence-electron chi connectivity index (χ2n) is 12.1. The van der Waals surface area contributed by atoms with Gasteiger partial charge in [-0.3, -0.25) is 4.79 Å². The highest BCUT2D eigenvalue weighted by molar-refractivity contribution is 7.92. The van der Waals surface area contributed by atoms with E-state index in [1.165, 1.54) is 18.7 Å². The first-order chi connectivity index (χ1) is 20.6. The van der Waals surface area contributed by atoms with Crippen LogP contribution in [-0.2, 0) is 41.3 Å². The topological polar surface area (TPSA) is 88.6 Å². The van der Waals surface area contributed by atoms with Crippen molar-refractivity contribution in [2.45, 2.75) is 90.2 Å². The number of carbonyl (C=O) groups is 1. The number of hydrogen-bond donors (Lipinski definition) is 0. The van der Waals surface area contributed by atoms with Crippen LogP contribution in [0.4, 0.5) is 35.1 Å². The first kappa shape index (κ1) is 33.6. The lowest BCUT2D eigenvalue weighted by Crippen LogP contribution is -2.54. The molecule has 6 nitrogen and oxygen atoms in total. The quantitative estimate of drug-likeness (QED) is 0.294. The lowest BCUT2D eigenvalue weighted by molar-refractivity contribution is -0.348. The monoisotopic (exact) mass is 687 g/mol. The molecule has 0 bridgehead atoms. The van der Waals surface area contributed by atoms with E-state index < -0.39 is 87.1 Å². The number of alkyl halides is 7. The fourth-order valence-corrected chi connectivity index (χ4v) is 11.5. The number of fused-ring (bicyclic) bond motifs is 3. The largest absolute Gasteiger partial charge is 0.435 e. The summed E-state index contributed by atoms with van der Waals surface area (Å²) in [5.74, 6) is -2.06. The summed E-state index contributed by atoms with van der Waals surface area (Å²) < 4.78 is 162. The first-order valence-corrected chi connectivity index (χ1v) is 17.2. The van der Waals surface area contributed by atoms with Crippen LogP contribution in [0.3, 0.4) is 0 Å². The van der Waals surface area contributed by atoms with Crippen LogP contribution in [-0.4, -0.2) is 63.1 Å². The van der Waals surface area contributed by atoms with Crippen LogP contribution in [0.2, 0.25) is 0 Å². The molecule has 1 aliphatic carbocycles. The van der Waals surface area contributed by atoms with E-state index in [9.17, 15) is 52.4 Å². The number of aryl methyl sites for hydroxylation is 1. The van der Waals surface area contributed by atoms with Gasteiger partial charge in [0.2, 0.25) is 5.91 Å². The van der Waals surface area contributed by atoms with Gasteiger partial charge in [-0.25, -0.2) is 25.6 Å². The van der Waals surface area contributed by atoms with Gasteiger partial charge in [0.05, 0.1) is 21.4 Å². The van der Waals surface area contributed by atoms with Crippen molar-refractivity contribution in [2.24, 2.45) is 5.92 Å². The van der Waals surface area contributed by atoms with E-state index >= 15 is 4.39 Å². The number of sulfone groups is 2. The highest BCUT2D eigenvalue weighted by Gasteiger charge is 2.74. The molecule has 1 unspecified atom stereocenters. The third kappa shape index (κ3) is 4.87. The molecule has 2 aromatic rings. The van der Waals surface area contributed by atoms with Crippen LogP contribution in [0.1, 0.15) is 56.2 Å². The second kappa shape index (κ2) is 10.6. The van der Waals surface area contributed by atoms with Gasteiger partial charge >= 0.3 is 18.0 Å². The SMILES string of the molecule is C[C@@H]1CC(C(=O)N2CC[C@]3(S(=O)(=O)c4ccc(F)cc4)c4ccc(C(F)(C(F)(F)F)C(F)(F)F)cc4CC[C@H]23)C[C@H](C)S1(=O)=O. The Morgan fingerprint density at radius 2 is 1.47 bits per heavy atom. The highest BCUT2D eigenvalue weighted by atomic mass is 32.2. The van der Waals surface area contributed by atoms with Crippen molar-refractivity contribution in [2.75, 3.05) is 6.54 Å². The smallest absolute Gasteiger partial charge is 0.337 e. The molecule has 0 aromatic heterocycles. The molecule has 45 heavy (non-hydrogen) atoms. The van der Waals surface area contributed by atoms with Crippen molar-refractivity contribution < 1.29 is 56.8 Å². The van der Waals surface area contributed by atoms with Gasteiger partial charge in [-0.1, -0.05) is 18.2 Å². The summed E-state index contributed by atoms with van der Waals surface area (Å²) >= 11 is 0. The molecular formula is C29H29F8NO5S2. The van der Waals surface area contributed by atoms with Gasteiger partial charge in [-0.2, -0.15) is 26.3 Å². The number of carbonyl (C=O) groups excluding carboxylic acids is 1. The fraction of sp³-hybridized carbons (Fsp3) is 0.552. The van der Waals surface area contributed by atoms with Crippen LogP contribution in [0.5, 0.6) is 0 Å². The van der Waals surface area contributed by atoms with Gasteiger partial charge in [0.15, 0.2) is 19.7 Å². The molecule has 2 heterocycles. The minimum Gasteiger partial charge on any atom is -0.337 e. The third-order valence-electron chi connectivity index (χ3n) is 9.66. The van der Waals surface area contributed by atoms with Crippen LogP contribution in [0.25, 0.3) is 0 Å². The first-order valence-electron chi connectivity index (χ1n) is 14.1. The summed E-state index contributed by atoms with van der Waals surface area (Å²) in [5.41, 5.74) is -7.93. The summed E-state index contributed by atoms with van der Waals surface area (Å²) in [6, 6.07) is 3.94. The van der Waals surface area contributed by atoms with Crippen LogP contribution >= 0.6 is 0 Å². The fourth-order valence-electron chi connectivity index (χ4n) is 7.32. The maximum Gasteiger partial charge on any atom is 0.435 e. The number of likely N-dealkylation sites (tertiary alicyclic amines) is 1. The van der Waals surface area contributed by atoms with Gasteiger partial charge in [-0.15, -0.1) is 0 Å². The van der Waals surface area contributed by atoms with E-state index in [1.807, 2.05) is 0 Å². The molecule has 0 N–H and O–H groups in total. The number of nitrogens with zero attached hydrogens (tertiary/aromatic N) is 1. The molecule has 2 saturated heterocycles. The van der Waals surface area contributed by atoms with Gasteiger partial charge < -0.3 is 4.90 Å². The molecule has 2 aromatic carbocycles. The van der Waals surface area contributed by atoms with Crippen molar-refractivity contribution >= 4 is 25.6 Å². The third-order valence-corrected chi connectivity index (χ3v) is 14.8. The van der Waals surface area contributed by atoms with E-state index in [0.717, 1.165) is 30.3 Å². The normalized spacial score (nSPS) is 28.8. The number of benzene rings is 2. The van der Waals surface area contributed by atoms with Crippen molar-refractivity contribution in [3.05, 3.63) is 65.0 Å². The van der Waals surface area contributed by atoms with Crippen LogP contribution in [0, 0.1) is 11.7 Å². The van der Waals surface area contributed by atoms with Gasteiger partial charge in [0.1, 0.15) is 10.6 Å². The standard InChI is InChI=1S/C29H29F8NO5S2/c1-16-13-19(14-17(2)44(16,40)41)25(39)38-12-11-26(45(42,43)22-7-5-21(30)6-8-22)23-9-4-20(15-18(23)3-10-24(26)38)27(31,28(32,33)34)29(35,36)37/h4-9,15-17,19,24H,3,10-14H2,1-2H3/t16-,17+,19?,24-,26-/m0/s1. The Hall–Kier alpha value is -2.75. The molecular weight excluding hydrogens is 658 g/mol. The summed E-state index contributed by atoms with van der Waals surface area (Å²) in [5, 5.41) is -1.70. The Kier molecular flexibility index (Phi) is 7.95. The average Bonchev–Trinajstić information content (AvgIpc) is 3.35. The number of rotatable bonds is 4. The van der Waals surface area contributed by atoms with E-state index in [4.69, 9.17) is 0 Å². The number of amides is 1. The molecule has 5 rings (SSSR count). The minimum absolute atomic E-state index is 0.0140. The van der Waals surface area contributed by atoms with Crippen molar-refractivity contribution in [1.29, 1.82) is 0 Å².